The lowest BCUT2D eigenvalue weighted by molar-refractivity contribution is -0.136. The SMILES string of the molecule is O=S(=O)(Nc1ccccc1C(F)(F)F)c1ccc(F)c(F)c1. The summed E-state index contributed by atoms with van der Waals surface area (Å²) in [6.45, 7) is 0. The van der Waals surface area contributed by atoms with Crippen molar-refractivity contribution in [3.8, 4) is 0 Å². The maximum Gasteiger partial charge on any atom is 0.418 e. The van der Waals surface area contributed by atoms with Gasteiger partial charge in [-0.05, 0) is 30.3 Å². The van der Waals surface area contributed by atoms with E-state index in [0.717, 1.165) is 18.2 Å². The normalized spacial score (nSPS) is 12.2. The Kier molecular flexibility index (Phi) is 4.10. The number of anilines is 1. The minimum Gasteiger partial charge on any atom is -0.279 e. The summed E-state index contributed by atoms with van der Waals surface area (Å²) in [5.41, 5.74) is -1.90. The fourth-order valence-corrected chi connectivity index (χ4v) is 2.76. The lowest BCUT2D eigenvalue weighted by Gasteiger charge is -2.14. The molecule has 2 aromatic carbocycles. The van der Waals surface area contributed by atoms with Crippen LogP contribution in [0.25, 0.3) is 0 Å². The molecule has 0 aromatic heterocycles. The molecule has 118 valence electrons. The quantitative estimate of drug-likeness (QED) is 0.867. The number of alkyl halides is 3. The molecule has 0 aliphatic rings. The average Bonchev–Trinajstić information content (AvgIpc) is 2.40. The molecule has 0 saturated heterocycles. The first-order valence-corrected chi connectivity index (χ1v) is 7.24. The van der Waals surface area contributed by atoms with Gasteiger partial charge >= 0.3 is 6.18 Å². The van der Waals surface area contributed by atoms with Gasteiger partial charge in [0.2, 0.25) is 0 Å². The van der Waals surface area contributed by atoms with Crippen LogP contribution in [0.1, 0.15) is 5.56 Å². The van der Waals surface area contributed by atoms with Gasteiger partial charge in [-0.1, -0.05) is 12.1 Å². The van der Waals surface area contributed by atoms with Gasteiger partial charge in [-0.2, -0.15) is 13.2 Å². The van der Waals surface area contributed by atoms with E-state index in [2.05, 4.69) is 0 Å². The number of para-hydroxylation sites is 1. The van der Waals surface area contributed by atoms with Crippen LogP contribution in [0.3, 0.4) is 0 Å². The Bertz CT molecular complexity index is 802. The monoisotopic (exact) mass is 337 g/mol. The second kappa shape index (κ2) is 5.56. The van der Waals surface area contributed by atoms with E-state index in [1.807, 2.05) is 0 Å². The van der Waals surface area contributed by atoms with Gasteiger partial charge in [0, 0.05) is 0 Å². The minimum atomic E-state index is -4.77. The number of hydrogen-bond donors (Lipinski definition) is 1. The summed E-state index contributed by atoms with van der Waals surface area (Å²) < 4.78 is 89.9. The van der Waals surface area contributed by atoms with Crippen LogP contribution < -0.4 is 4.72 Å². The molecule has 0 atom stereocenters. The molecule has 0 radical (unpaired) electrons. The number of hydrogen-bond acceptors (Lipinski definition) is 2. The molecule has 22 heavy (non-hydrogen) atoms. The molecule has 2 rings (SSSR count). The van der Waals surface area contributed by atoms with Crippen molar-refractivity contribution in [3.05, 3.63) is 59.7 Å². The molecule has 0 unspecified atom stereocenters. The standard InChI is InChI=1S/C13H8F5NO2S/c14-10-6-5-8(7-11(10)15)22(20,21)19-12-4-2-1-3-9(12)13(16,17)18/h1-7,19H. The second-order valence-electron chi connectivity index (χ2n) is 4.22. The first kappa shape index (κ1) is 16.2. The molecule has 9 heteroatoms. The fourth-order valence-electron chi connectivity index (χ4n) is 1.67. The molecular weight excluding hydrogens is 329 g/mol. The molecule has 1 N–H and O–H groups in total. The highest BCUT2D eigenvalue weighted by molar-refractivity contribution is 7.92. The predicted molar refractivity (Wildman–Crippen MR) is 68.6 cm³/mol. The van der Waals surface area contributed by atoms with Gasteiger partial charge in [-0.15, -0.1) is 0 Å². The molecule has 0 amide bonds. The summed E-state index contributed by atoms with van der Waals surface area (Å²) in [5, 5.41) is 0. The first-order chi connectivity index (χ1) is 10.1. The zero-order valence-electron chi connectivity index (χ0n) is 10.7. The van der Waals surface area contributed by atoms with Crippen LogP contribution in [0.15, 0.2) is 47.4 Å². The van der Waals surface area contributed by atoms with E-state index in [0.29, 0.717) is 18.2 Å². The largest absolute Gasteiger partial charge is 0.418 e. The molecule has 3 nitrogen and oxygen atoms in total. The third-order valence-electron chi connectivity index (χ3n) is 2.68. The van der Waals surface area contributed by atoms with Crippen molar-refractivity contribution in [1.29, 1.82) is 0 Å². The number of nitrogens with one attached hydrogen (secondary N) is 1. The third-order valence-corrected chi connectivity index (χ3v) is 4.04. The zero-order valence-corrected chi connectivity index (χ0v) is 11.5. The summed E-state index contributed by atoms with van der Waals surface area (Å²) in [6, 6.07) is 5.62. The van der Waals surface area contributed by atoms with Crippen LogP contribution in [0.2, 0.25) is 0 Å². The van der Waals surface area contributed by atoms with E-state index >= 15 is 0 Å². The Hall–Kier alpha value is -2.16. The molecule has 0 spiro atoms. The summed E-state index contributed by atoms with van der Waals surface area (Å²) in [7, 11) is -4.49. The van der Waals surface area contributed by atoms with E-state index in [1.54, 1.807) is 4.72 Å². The smallest absolute Gasteiger partial charge is 0.279 e. The topological polar surface area (TPSA) is 46.2 Å². The van der Waals surface area contributed by atoms with E-state index in [1.165, 1.54) is 6.07 Å². The van der Waals surface area contributed by atoms with Crippen molar-refractivity contribution in [1.82, 2.24) is 0 Å². The van der Waals surface area contributed by atoms with Gasteiger partial charge in [-0.3, -0.25) is 4.72 Å². The molecule has 0 aliphatic heterocycles. The highest BCUT2D eigenvalue weighted by atomic mass is 32.2. The van der Waals surface area contributed by atoms with Gasteiger partial charge < -0.3 is 0 Å². The second-order valence-corrected chi connectivity index (χ2v) is 5.91. The molecule has 0 saturated carbocycles. The Morgan fingerprint density at radius 3 is 2.14 bits per heavy atom. The molecule has 0 heterocycles. The van der Waals surface area contributed by atoms with Gasteiger partial charge in [0.25, 0.3) is 10.0 Å². The Morgan fingerprint density at radius 1 is 0.909 bits per heavy atom. The highest BCUT2D eigenvalue weighted by Crippen LogP contribution is 2.35. The Labute approximate surface area is 122 Å². The summed E-state index contributed by atoms with van der Waals surface area (Å²) >= 11 is 0. The summed E-state index contributed by atoms with van der Waals surface area (Å²) in [4.78, 5) is -0.691. The van der Waals surface area contributed by atoms with Crippen LogP contribution in [-0.2, 0) is 16.2 Å². The van der Waals surface area contributed by atoms with Crippen LogP contribution in [-0.4, -0.2) is 8.42 Å². The third kappa shape index (κ3) is 3.35. The van der Waals surface area contributed by atoms with E-state index < -0.39 is 44.0 Å². The van der Waals surface area contributed by atoms with Crippen molar-refractivity contribution in [2.45, 2.75) is 11.1 Å². The molecule has 0 bridgehead atoms. The number of sulfonamides is 1. The Balaban J connectivity index is 2.44. The van der Waals surface area contributed by atoms with Crippen LogP contribution in [0.5, 0.6) is 0 Å². The van der Waals surface area contributed by atoms with Crippen LogP contribution >= 0.6 is 0 Å². The number of halogens is 5. The average molecular weight is 337 g/mol. The maximum atomic E-state index is 13.1. The fraction of sp³-hybridized carbons (Fsp3) is 0.0769. The van der Waals surface area contributed by atoms with Gasteiger partial charge in [-0.25, -0.2) is 17.2 Å². The van der Waals surface area contributed by atoms with E-state index in [4.69, 9.17) is 0 Å². The van der Waals surface area contributed by atoms with Gasteiger partial charge in [0.1, 0.15) is 0 Å². The van der Waals surface area contributed by atoms with Gasteiger partial charge in [0.15, 0.2) is 11.6 Å². The van der Waals surface area contributed by atoms with E-state index in [-0.39, 0.29) is 0 Å². The van der Waals surface area contributed by atoms with Crippen LogP contribution in [0.4, 0.5) is 27.6 Å². The van der Waals surface area contributed by atoms with Crippen molar-refractivity contribution in [2.75, 3.05) is 4.72 Å². The van der Waals surface area contributed by atoms with Crippen molar-refractivity contribution >= 4 is 15.7 Å². The summed E-state index contributed by atoms with van der Waals surface area (Å²) in [6.07, 6.45) is -4.77. The van der Waals surface area contributed by atoms with Crippen molar-refractivity contribution in [3.63, 3.8) is 0 Å². The van der Waals surface area contributed by atoms with Crippen molar-refractivity contribution in [2.24, 2.45) is 0 Å². The number of rotatable bonds is 3. The van der Waals surface area contributed by atoms with Crippen molar-refractivity contribution < 1.29 is 30.4 Å². The van der Waals surface area contributed by atoms with Crippen LogP contribution in [0, 0.1) is 11.6 Å². The first-order valence-electron chi connectivity index (χ1n) is 5.75. The van der Waals surface area contributed by atoms with Gasteiger partial charge in [0.05, 0.1) is 16.1 Å². The van der Waals surface area contributed by atoms with E-state index in [9.17, 15) is 30.4 Å². The zero-order chi connectivity index (χ0) is 16.5. The summed E-state index contributed by atoms with van der Waals surface area (Å²) in [5.74, 6) is -2.69. The Morgan fingerprint density at radius 2 is 1.55 bits per heavy atom. The molecule has 0 aliphatic carbocycles. The maximum absolute atomic E-state index is 13.1. The molecule has 0 fully saturated rings. The molecule has 2 aromatic rings. The number of benzene rings is 2. The molecular formula is C13H8F5NO2S. The lowest BCUT2D eigenvalue weighted by atomic mass is 10.2. The predicted octanol–water partition coefficient (Wildman–Crippen LogP) is 3.78. The minimum absolute atomic E-state index is 0.383. The highest BCUT2D eigenvalue weighted by Gasteiger charge is 2.34. The lowest BCUT2D eigenvalue weighted by Crippen LogP contribution is -2.17.